The fourth-order valence-electron chi connectivity index (χ4n) is 3.38. The standard InChI is InChI=1S/C23H28N4O2S2/c1-6-27-14-18(15(3)25-27)13-26(5)23(30)24-21-20(22(28)29-7-2)19(16(4)31-21)17-11-9-8-10-12-17/h8-12,14H,6-7,13H2,1-5H3,(H,24,30). The molecule has 0 aliphatic rings. The van der Waals surface area contributed by atoms with Crippen molar-refractivity contribution in [2.75, 3.05) is 19.0 Å². The SMILES string of the molecule is CCOC(=O)c1c(NC(=S)N(C)Cc2cn(CC)nc2C)sc(C)c1-c1ccccc1. The second-order valence-corrected chi connectivity index (χ2v) is 8.82. The third-order valence-corrected chi connectivity index (χ3v) is 6.41. The van der Waals surface area contributed by atoms with Crippen molar-refractivity contribution in [3.8, 4) is 11.1 Å². The van der Waals surface area contributed by atoms with E-state index in [1.807, 2.05) is 73.9 Å². The first-order chi connectivity index (χ1) is 14.8. The zero-order chi connectivity index (χ0) is 22.5. The molecule has 0 aliphatic carbocycles. The number of rotatable bonds is 7. The number of hydrogen-bond acceptors (Lipinski definition) is 5. The fourth-order valence-corrected chi connectivity index (χ4v) is 4.67. The summed E-state index contributed by atoms with van der Waals surface area (Å²) in [6.07, 6.45) is 2.04. The number of esters is 1. The Bertz CT molecular complexity index is 1070. The van der Waals surface area contributed by atoms with Gasteiger partial charge in [-0.25, -0.2) is 4.79 Å². The van der Waals surface area contributed by atoms with Crippen molar-refractivity contribution in [2.45, 2.75) is 40.8 Å². The Labute approximate surface area is 192 Å². The summed E-state index contributed by atoms with van der Waals surface area (Å²) in [6.45, 7) is 9.65. The van der Waals surface area contributed by atoms with Crippen LogP contribution in [0.5, 0.6) is 0 Å². The molecule has 0 fully saturated rings. The van der Waals surface area contributed by atoms with Gasteiger partial charge in [0, 0.05) is 42.3 Å². The van der Waals surface area contributed by atoms with Crippen LogP contribution in [0.3, 0.4) is 0 Å². The van der Waals surface area contributed by atoms with Gasteiger partial charge in [0.2, 0.25) is 0 Å². The molecule has 0 saturated carbocycles. The minimum Gasteiger partial charge on any atom is -0.462 e. The Morgan fingerprint density at radius 1 is 1.26 bits per heavy atom. The van der Waals surface area contributed by atoms with Crippen molar-refractivity contribution in [3.63, 3.8) is 0 Å². The molecule has 8 heteroatoms. The maximum Gasteiger partial charge on any atom is 0.341 e. The largest absolute Gasteiger partial charge is 0.462 e. The second-order valence-electron chi connectivity index (χ2n) is 7.21. The number of aromatic nitrogens is 2. The van der Waals surface area contributed by atoms with Gasteiger partial charge in [-0.3, -0.25) is 4.68 Å². The summed E-state index contributed by atoms with van der Waals surface area (Å²) < 4.78 is 7.29. The molecule has 3 rings (SSSR count). The van der Waals surface area contributed by atoms with E-state index in [9.17, 15) is 4.79 Å². The number of anilines is 1. The van der Waals surface area contributed by atoms with Gasteiger partial charge in [0.15, 0.2) is 5.11 Å². The monoisotopic (exact) mass is 456 g/mol. The first-order valence-electron chi connectivity index (χ1n) is 10.3. The maximum atomic E-state index is 12.9. The molecule has 0 bridgehead atoms. The van der Waals surface area contributed by atoms with E-state index in [4.69, 9.17) is 17.0 Å². The minimum atomic E-state index is -0.348. The predicted molar refractivity (Wildman–Crippen MR) is 131 cm³/mol. The molecule has 1 N–H and O–H groups in total. The highest BCUT2D eigenvalue weighted by atomic mass is 32.1. The number of hydrogen-bond donors (Lipinski definition) is 1. The molecule has 0 aliphatic heterocycles. The smallest absolute Gasteiger partial charge is 0.341 e. The molecule has 2 heterocycles. The lowest BCUT2D eigenvalue weighted by molar-refractivity contribution is 0.0529. The first kappa shape index (κ1) is 23.0. The Hall–Kier alpha value is -2.71. The number of carbonyl (C=O) groups is 1. The van der Waals surface area contributed by atoms with Crippen molar-refractivity contribution in [1.82, 2.24) is 14.7 Å². The van der Waals surface area contributed by atoms with Crippen LogP contribution in [0.2, 0.25) is 0 Å². The highest BCUT2D eigenvalue weighted by molar-refractivity contribution is 7.80. The average molecular weight is 457 g/mol. The predicted octanol–water partition coefficient (Wildman–Crippen LogP) is 5.25. The number of benzene rings is 1. The highest BCUT2D eigenvalue weighted by Crippen LogP contribution is 2.40. The molecule has 0 saturated heterocycles. The molecule has 1 aromatic carbocycles. The van der Waals surface area contributed by atoms with Gasteiger partial charge in [-0.05, 0) is 45.5 Å². The number of ether oxygens (including phenoxy) is 1. The van der Waals surface area contributed by atoms with Crippen LogP contribution in [-0.2, 0) is 17.8 Å². The van der Waals surface area contributed by atoms with Crippen LogP contribution in [0.15, 0.2) is 36.5 Å². The van der Waals surface area contributed by atoms with Gasteiger partial charge in [0.05, 0.1) is 12.3 Å². The van der Waals surface area contributed by atoms with Gasteiger partial charge in [-0.2, -0.15) is 5.10 Å². The molecule has 6 nitrogen and oxygen atoms in total. The molecular formula is C23H28N4O2S2. The highest BCUT2D eigenvalue weighted by Gasteiger charge is 2.25. The van der Waals surface area contributed by atoms with Gasteiger partial charge in [0.25, 0.3) is 0 Å². The van der Waals surface area contributed by atoms with Crippen LogP contribution in [0, 0.1) is 13.8 Å². The average Bonchev–Trinajstić information content (AvgIpc) is 3.27. The number of nitrogens with zero attached hydrogens (tertiary/aromatic N) is 3. The molecule has 0 unspecified atom stereocenters. The molecular weight excluding hydrogens is 428 g/mol. The molecule has 3 aromatic rings. The van der Waals surface area contributed by atoms with Crippen LogP contribution in [0.1, 0.15) is 40.3 Å². The Morgan fingerprint density at radius 3 is 2.58 bits per heavy atom. The number of aryl methyl sites for hydroxylation is 3. The molecule has 0 radical (unpaired) electrons. The lowest BCUT2D eigenvalue weighted by Crippen LogP contribution is -2.31. The van der Waals surface area contributed by atoms with E-state index in [-0.39, 0.29) is 5.97 Å². The lowest BCUT2D eigenvalue weighted by atomic mass is 10.0. The second kappa shape index (κ2) is 10.1. The van der Waals surface area contributed by atoms with E-state index >= 15 is 0 Å². The summed E-state index contributed by atoms with van der Waals surface area (Å²) in [5.41, 5.74) is 4.50. The topological polar surface area (TPSA) is 59.4 Å². The lowest BCUT2D eigenvalue weighted by Gasteiger charge is -2.20. The fraction of sp³-hybridized carbons (Fsp3) is 0.348. The number of carbonyl (C=O) groups excluding carboxylic acids is 1. The summed E-state index contributed by atoms with van der Waals surface area (Å²) in [6, 6.07) is 9.89. The minimum absolute atomic E-state index is 0.312. The first-order valence-corrected chi connectivity index (χ1v) is 11.5. The quantitative estimate of drug-likeness (QED) is 0.387. The Morgan fingerprint density at radius 2 is 1.97 bits per heavy atom. The third kappa shape index (κ3) is 5.14. The van der Waals surface area contributed by atoms with Crippen LogP contribution in [0.4, 0.5) is 5.00 Å². The van der Waals surface area contributed by atoms with Gasteiger partial charge in [0.1, 0.15) is 10.6 Å². The van der Waals surface area contributed by atoms with Crippen molar-refractivity contribution < 1.29 is 9.53 Å². The van der Waals surface area contributed by atoms with E-state index in [0.29, 0.717) is 28.8 Å². The Balaban J connectivity index is 1.88. The Kier molecular flexibility index (Phi) is 7.46. The molecule has 2 aromatic heterocycles. The van der Waals surface area contributed by atoms with Crippen LogP contribution >= 0.6 is 23.6 Å². The van der Waals surface area contributed by atoms with Crippen molar-refractivity contribution in [3.05, 3.63) is 58.2 Å². The van der Waals surface area contributed by atoms with E-state index in [2.05, 4.69) is 17.3 Å². The maximum absolute atomic E-state index is 12.9. The molecule has 31 heavy (non-hydrogen) atoms. The van der Waals surface area contributed by atoms with Crippen molar-refractivity contribution in [2.24, 2.45) is 0 Å². The van der Waals surface area contributed by atoms with Crippen LogP contribution < -0.4 is 5.32 Å². The van der Waals surface area contributed by atoms with Gasteiger partial charge < -0.3 is 15.0 Å². The molecule has 0 amide bonds. The summed E-state index contributed by atoms with van der Waals surface area (Å²) in [5.74, 6) is -0.348. The summed E-state index contributed by atoms with van der Waals surface area (Å²) >= 11 is 7.17. The van der Waals surface area contributed by atoms with E-state index in [1.165, 1.54) is 11.3 Å². The number of thiophene rings is 1. The van der Waals surface area contributed by atoms with E-state index < -0.39 is 0 Å². The third-order valence-electron chi connectivity index (χ3n) is 4.97. The zero-order valence-electron chi connectivity index (χ0n) is 18.6. The molecule has 164 valence electrons. The summed E-state index contributed by atoms with van der Waals surface area (Å²) in [5, 5.41) is 9.03. The van der Waals surface area contributed by atoms with Crippen LogP contribution in [0.25, 0.3) is 11.1 Å². The molecule has 0 atom stereocenters. The van der Waals surface area contributed by atoms with Crippen molar-refractivity contribution in [1.29, 1.82) is 0 Å². The van der Waals surface area contributed by atoms with E-state index in [0.717, 1.165) is 33.8 Å². The summed E-state index contributed by atoms with van der Waals surface area (Å²) in [7, 11) is 1.93. The molecule has 0 spiro atoms. The van der Waals surface area contributed by atoms with Gasteiger partial charge in [-0.1, -0.05) is 30.3 Å². The number of thiocarbonyl (C=S) groups is 1. The van der Waals surface area contributed by atoms with Gasteiger partial charge in [-0.15, -0.1) is 11.3 Å². The van der Waals surface area contributed by atoms with Gasteiger partial charge >= 0.3 is 5.97 Å². The van der Waals surface area contributed by atoms with E-state index in [1.54, 1.807) is 0 Å². The normalized spacial score (nSPS) is 10.7. The number of nitrogens with one attached hydrogen (secondary N) is 1. The van der Waals surface area contributed by atoms with Crippen molar-refractivity contribution >= 4 is 39.6 Å². The zero-order valence-corrected chi connectivity index (χ0v) is 20.2. The summed E-state index contributed by atoms with van der Waals surface area (Å²) in [4.78, 5) is 15.9. The van der Waals surface area contributed by atoms with Crippen LogP contribution in [-0.4, -0.2) is 39.4 Å².